The number of ketones is 3. The smallest absolute Gasteiger partial charge is 0.320 e. The molecule has 3 aromatic carbocycles. The highest BCUT2D eigenvalue weighted by Crippen LogP contribution is 2.28. The van der Waals surface area contributed by atoms with E-state index in [1.807, 2.05) is 56.5 Å². The van der Waals surface area contributed by atoms with Crippen LogP contribution in [0, 0.1) is 13.8 Å². The van der Waals surface area contributed by atoms with Gasteiger partial charge in [-0.2, -0.15) is 15.0 Å². The molecule has 574 valence electrons. The number of benzene rings is 3. The van der Waals surface area contributed by atoms with Crippen LogP contribution in [-0.2, 0) is 10.8 Å². The molecule has 1 atom stereocenters. The van der Waals surface area contributed by atoms with E-state index in [4.69, 9.17) is 22.9 Å². The first-order valence-corrected chi connectivity index (χ1v) is 38.5. The van der Waals surface area contributed by atoms with Gasteiger partial charge in [-0.15, -0.1) is 0 Å². The van der Waals surface area contributed by atoms with Crippen LogP contribution in [0.1, 0.15) is 96.5 Å². The molecule has 3 aliphatic heterocycles. The van der Waals surface area contributed by atoms with E-state index < -0.39 is 10.8 Å². The van der Waals surface area contributed by atoms with Gasteiger partial charge >= 0.3 is 6.03 Å². The van der Waals surface area contributed by atoms with Crippen molar-refractivity contribution < 1.29 is 24.8 Å². The zero-order chi connectivity index (χ0) is 77.7. The zero-order valence-electron chi connectivity index (χ0n) is 62.8. The number of Topliss-reactive ketones (excluding diaryl/α,β-unsaturated/α-hetero) is 3. The predicted octanol–water partition coefficient (Wildman–Crippen LogP) is 9.34. The number of thioether (sulfide) groups is 1. The van der Waals surface area contributed by atoms with Crippen molar-refractivity contribution in [3.63, 3.8) is 0 Å². The number of nitrogens with one attached hydrogen (secondary N) is 6. The van der Waals surface area contributed by atoms with Crippen molar-refractivity contribution in [1.82, 2.24) is 80.2 Å². The zero-order valence-corrected chi connectivity index (χ0v) is 64.5. The number of nitrogen functional groups attached to an aromatic ring is 4. The molecule has 2 amide bonds. The van der Waals surface area contributed by atoms with Gasteiger partial charge in [-0.1, -0.05) is 31.0 Å². The summed E-state index contributed by atoms with van der Waals surface area (Å²) in [6.45, 7) is 20.8. The standard InChI is InChI=1S/C25H32N8O.C19H23N7.C17H22N6O.C7H9N3O2S.C7H9N3OS.H2/c1-17-15-22(31-25(34)29-18-5-3-2-4-6-18)30-23-21(17)16-27-24(32-23)28-19-7-9-20(10-8-19)33-13-11-26-12-14-33;1-13-11-17(20)23-18-16(13)12-21-19(24-18)22-14-3-5-15(6-4-14)26-9-7-25(2)8-10-26;1-12(24)15-11-19-17(21-16(15)18)20-13-3-5-14(6-4-13)23-9-7-22(2)8-10-23;1-4(11)5-3-9-7(13(2)12)10-6(5)8;1-4(11)5-3-9-7(12-2)10-6(5)8;/h7-10,15-16,18,26H,2-6,11-14H2,1H3,(H3,27,28,29,30,31,32,34);3-6,11-12H,7-10H2,1-2H3,(H3,20,21,22,23,24);3-6,11H,7-10H2,1-2H3,(H3,18,19,20,21);3H,1-2H3,(H2,8,9,10);3H,1-2H3,(H2,8,9,10);1H. The average molecular weight is 1520 g/mol. The first kappa shape index (κ1) is 80.1. The molecule has 7 aromatic heterocycles. The number of aromatic nitrogens is 12. The van der Waals surface area contributed by atoms with E-state index in [0.29, 0.717) is 57.1 Å². The van der Waals surface area contributed by atoms with Crippen LogP contribution >= 0.6 is 11.8 Å². The maximum Gasteiger partial charge on any atom is 0.320 e. The summed E-state index contributed by atoms with van der Waals surface area (Å²) in [7, 11) is 3.04. The van der Waals surface area contributed by atoms with Gasteiger partial charge in [-0.05, 0) is 164 Å². The molecule has 10 heterocycles. The van der Waals surface area contributed by atoms with E-state index in [9.17, 15) is 23.4 Å². The van der Waals surface area contributed by atoms with E-state index in [1.165, 1.54) is 93.7 Å². The molecule has 0 radical (unpaired) electrons. The van der Waals surface area contributed by atoms with Gasteiger partial charge in [0.15, 0.2) is 33.8 Å². The normalized spacial score (nSPS) is 14.9. The summed E-state index contributed by atoms with van der Waals surface area (Å²) >= 11 is 1.39. The summed E-state index contributed by atoms with van der Waals surface area (Å²) < 4.78 is 10.9. The number of fused-ring (bicyclic) bond motifs is 2. The largest absolute Gasteiger partial charge is 0.384 e. The maximum atomic E-state index is 12.5. The topological polar surface area (TPSA) is 432 Å². The summed E-state index contributed by atoms with van der Waals surface area (Å²) in [5.41, 5.74) is 33.1. The summed E-state index contributed by atoms with van der Waals surface area (Å²) in [6.07, 6.45) is 16.7. The third-order valence-corrected chi connectivity index (χ3v) is 19.6. The van der Waals surface area contributed by atoms with Crippen LogP contribution in [0.5, 0.6) is 0 Å². The second-order valence-corrected chi connectivity index (χ2v) is 28.6. The van der Waals surface area contributed by atoms with E-state index in [0.717, 1.165) is 130 Å². The summed E-state index contributed by atoms with van der Waals surface area (Å²) in [6, 6.07) is 28.6. The van der Waals surface area contributed by atoms with Crippen molar-refractivity contribution in [2.45, 2.75) is 83.1 Å². The fraction of sp³-hybridized carbons (Fsp3) is 0.360. The molecular weight excluding hydrogens is 1420 g/mol. The molecule has 1 unspecified atom stereocenters. The Morgan fingerprint density at radius 2 is 0.917 bits per heavy atom. The van der Waals surface area contributed by atoms with Gasteiger partial charge in [0.25, 0.3) is 0 Å². The molecule has 14 rings (SSSR count). The van der Waals surface area contributed by atoms with E-state index in [1.54, 1.807) is 12.4 Å². The first-order chi connectivity index (χ1) is 52.4. The van der Waals surface area contributed by atoms with E-state index >= 15 is 0 Å². The Kier molecular flexibility index (Phi) is 28.2. The Morgan fingerprint density at radius 1 is 0.505 bits per heavy atom. The number of piperazine rings is 3. The Morgan fingerprint density at radius 3 is 1.36 bits per heavy atom. The number of carbonyl (C=O) groups excluding carboxylic acids is 4. The lowest BCUT2D eigenvalue weighted by molar-refractivity contribution is 0.100. The molecule has 32 nitrogen and oxygen atoms in total. The van der Waals surface area contributed by atoms with Gasteiger partial charge in [-0.25, -0.2) is 49.7 Å². The molecule has 0 spiro atoms. The number of hydrogen-bond donors (Lipinski definition) is 10. The number of nitrogens with zero attached hydrogens (tertiary/aromatic N) is 17. The fourth-order valence-corrected chi connectivity index (χ4v) is 12.9. The Labute approximate surface area is 641 Å². The second-order valence-electron chi connectivity index (χ2n) is 26.5. The molecule has 1 aliphatic carbocycles. The minimum absolute atomic E-state index is 0. The summed E-state index contributed by atoms with van der Waals surface area (Å²) in [5, 5.41) is 21.4. The SMILES string of the molecule is CC(=O)c1cnc(Nc2ccc(N3CCN(C)CC3)cc2)nc1N.CC(=O)c1cnc(S(C)=O)nc1N.CSc1ncc(C(C)=O)c(N)n1.Cc1cc(N)nc2nc(Nc3ccc(N4CCN(C)CC4)cc3)ncc12.Cc1cc(NC(=O)NC2CCCCC2)nc2nc(Nc3ccc(N4CCNCC4)cc3)ncc12.[HH]. The lowest BCUT2D eigenvalue weighted by Crippen LogP contribution is -2.44. The van der Waals surface area contributed by atoms with E-state index in [-0.39, 0.29) is 59.0 Å². The fourth-order valence-electron chi connectivity index (χ4n) is 12.1. The quantitative estimate of drug-likeness (QED) is 0.0244. The minimum atomic E-state index is -1.27. The van der Waals surface area contributed by atoms with Crippen LogP contribution in [0.2, 0.25) is 0 Å². The Balaban J connectivity index is 0.000000166. The van der Waals surface area contributed by atoms with Crippen molar-refractivity contribution in [2.75, 3.05) is 164 Å². The lowest BCUT2D eigenvalue weighted by Gasteiger charge is -2.34. The summed E-state index contributed by atoms with van der Waals surface area (Å²) in [4.78, 5) is 108. The number of amides is 2. The molecule has 1 saturated carbocycles. The number of urea groups is 1. The van der Waals surface area contributed by atoms with Crippen molar-refractivity contribution in [3.05, 3.63) is 144 Å². The maximum absolute atomic E-state index is 12.5. The van der Waals surface area contributed by atoms with Crippen LogP contribution in [-0.4, -0.2) is 208 Å². The van der Waals surface area contributed by atoms with Crippen LogP contribution in [0.4, 0.5) is 85.9 Å². The van der Waals surface area contributed by atoms with Gasteiger partial charge in [0.05, 0.1) is 27.5 Å². The Hall–Kier alpha value is -11.5. The number of aryl methyl sites for hydroxylation is 2. The van der Waals surface area contributed by atoms with Gasteiger partial charge in [0.2, 0.25) is 23.0 Å². The number of anilines is 14. The number of nitrogens with two attached hydrogens (primary N) is 4. The van der Waals surface area contributed by atoms with Crippen LogP contribution in [0.25, 0.3) is 22.1 Å². The average Bonchev–Trinajstić information content (AvgIpc) is 0.800. The van der Waals surface area contributed by atoms with Gasteiger partial charge in [0.1, 0.15) is 29.1 Å². The first-order valence-electron chi connectivity index (χ1n) is 35.8. The number of pyridine rings is 2. The number of hydrogen-bond acceptors (Lipinski definition) is 31. The molecule has 10 aromatic rings. The van der Waals surface area contributed by atoms with Crippen LogP contribution in [0.3, 0.4) is 0 Å². The van der Waals surface area contributed by atoms with Crippen molar-refractivity contribution >= 4 is 149 Å². The highest BCUT2D eigenvalue weighted by molar-refractivity contribution is 7.98. The van der Waals surface area contributed by atoms with Gasteiger partial charge in [-0.3, -0.25) is 23.9 Å². The second kappa shape index (κ2) is 38.4. The summed E-state index contributed by atoms with van der Waals surface area (Å²) in [5.74, 6) is 2.38. The third kappa shape index (κ3) is 23.0. The molecule has 34 heteroatoms. The monoisotopic (exact) mass is 1520 g/mol. The number of rotatable bonds is 16. The number of carbonyl (C=O) groups is 4. The van der Waals surface area contributed by atoms with E-state index in [2.05, 4.69) is 179 Å². The van der Waals surface area contributed by atoms with Crippen LogP contribution < -0.4 is 69.5 Å². The highest BCUT2D eigenvalue weighted by atomic mass is 32.2. The van der Waals surface area contributed by atoms with Crippen molar-refractivity contribution in [3.8, 4) is 0 Å². The van der Waals surface area contributed by atoms with Gasteiger partial charge in [0, 0.05) is 168 Å². The minimum Gasteiger partial charge on any atom is -0.384 e. The van der Waals surface area contributed by atoms with Gasteiger partial charge < -0.3 is 74.0 Å². The van der Waals surface area contributed by atoms with Crippen molar-refractivity contribution in [2.24, 2.45) is 0 Å². The molecular formula is C75H97N27O5S2. The highest BCUT2D eigenvalue weighted by Gasteiger charge is 2.21. The third-order valence-electron chi connectivity index (χ3n) is 18.3. The molecule has 4 aliphatic rings. The number of likely N-dealkylation sites (N-methyl/N-ethyl adjacent to an activating group) is 2. The molecule has 3 saturated heterocycles. The van der Waals surface area contributed by atoms with Crippen LogP contribution in [0.15, 0.2) is 126 Å². The van der Waals surface area contributed by atoms with Crippen molar-refractivity contribution in [1.29, 1.82) is 0 Å². The molecule has 4 fully saturated rings. The Bertz CT molecular complexity index is 4810. The molecule has 14 N–H and O–H groups in total. The predicted molar refractivity (Wildman–Crippen MR) is 437 cm³/mol. The lowest BCUT2D eigenvalue weighted by atomic mass is 9.96. The molecule has 109 heavy (non-hydrogen) atoms. The molecule has 0 bridgehead atoms.